The minimum absolute atomic E-state index is 0.275. The van der Waals surface area contributed by atoms with Crippen LogP contribution in [-0.4, -0.2) is 84.7 Å². The molecule has 16 heteroatoms. The number of nitrogens with zero attached hydrogens (tertiary/aromatic N) is 1. The van der Waals surface area contributed by atoms with Crippen LogP contribution in [0.2, 0.25) is 0 Å². The van der Waals surface area contributed by atoms with Crippen LogP contribution < -0.4 is 16.0 Å². The van der Waals surface area contributed by atoms with Gasteiger partial charge in [-0.1, -0.05) is 0 Å². The normalized spacial score (nSPS) is 26.5. The van der Waals surface area contributed by atoms with Gasteiger partial charge in [-0.25, -0.2) is 0 Å². The van der Waals surface area contributed by atoms with Crippen molar-refractivity contribution >= 4 is 29.4 Å². The molecule has 3 N–H and O–H groups in total. The van der Waals surface area contributed by atoms with Gasteiger partial charge >= 0.3 is 24.4 Å². The average molecular weight is 530 g/mol. The number of ketones is 1. The van der Waals surface area contributed by atoms with Crippen molar-refractivity contribution in [1.29, 1.82) is 0 Å². The highest BCUT2D eigenvalue weighted by atomic mass is 19.4. The predicted octanol–water partition coefficient (Wildman–Crippen LogP) is 0.161. The van der Waals surface area contributed by atoms with Crippen molar-refractivity contribution in [2.45, 2.75) is 62.8 Å². The first-order chi connectivity index (χ1) is 16.7. The molecule has 0 aromatic carbocycles. The zero-order chi connectivity index (χ0) is 26.8. The lowest BCUT2D eigenvalue weighted by Crippen LogP contribution is -2.58. The molecule has 0 aromatic heterocycles. The number of hydrogen-bond donors (Lipinski definition) is 3. The highest BCUT2D eigenvalue weighted by Crippen LogP contribution is 2.42. The second-order valence-corrected chi connectivity index (χ2v) is 8.96. The fourth-order valence-corrected chi connectivity index (χ4v) is 4.93. The van der Waals surface area contributed by atoms with Crippen LogP contribution in [0.25, 0.3) is 0 Å². The third-order valence-electron chi connectivity index (χ3n) is 6.50. The van der Waals surface area contributed by atoms with Crippen LogP contribution in [0.15, 0.2) is 0 Å². The Morgan fingerprint density at radius 3 is 2.36 bits per heavy atom. The van der Waals surface area contributed by atoms with E-state index in [1.807, 2.05) is 0 Å². The Kier molecular flexibility index (Phi) is 8.15. The first kappa shape index (κ1) is 27.7. The van der Waals surface area contributed by atoms with Crippen LogP contribution in [0, 0.1) is 11.8 Å². The molecule has 36 heavy (non-hydrogen) atoms. The Bertz CT molecular complexity index is 910. The van der Waals surface area contributed by atoms with Crippen molar-refractivity contribution in [3.63, 3.8) is 0 Å². The van der Waals surface area contributed by atoms with Gasteiger partial charge in [0.1, 0.15) is 19.2 Å². The molecule has 0 radical (unpaired) electrons. The van der Waals surface area contributed by atoms with E-state index < -0.39 is 85.1 Å². The summed E-state index contributed by atoms with van der Waals surface area (Å²) in [6.45, 7) is -2.91. The number of Topliss-reactive ketones (excluding diaryl/α,β-unsaturated/α-hetero) is 1. The van der Waals surface area contributed by atoms with Gasteiger partial charge in [0.05, 0.1) is 6.04 Å². The molecule has 3 aliphatic rings. The lowest BCUT2D eigenvalue weighted by atomic mass is 9.93. The van der Waals surface area contributed by atoms with E-state index in [0.717, 1.165) is 4.90 Å². The van der Waals surface area contributed by atoms with E-state index in [-0.39, 0.29) is 25.8 Å². The SMILES string of the molecule is O=C(NCC(F)(F)F)C(=O)N1[C@@H]2CC[C@@H](C2)[C@H]1C(=O)N[C@@H](C[C@@H]1CCNC1=O)C(=O)COC(F)(F)F. The summed E-state index contributed by atoms with van der Waals surface area (Å²) in [4.78, 5) is 63.1. The van der Waals surface area contributed by atoms with Crippen molar-refractivity contribution < 1.29 is 55.1 Å². The fraction of sp³-hybridized carbons (Fsp3) is 0.750. The summed E-state index contributed by atoms with van der Waals surface area (Å²) < 4.78 is 78.1. The van der Waals surface area contributed by atoms with Crippen LogP contribution in [0.5, 0.6) is 0 Å². The molecular formula is C20H24F6N4O6. The summed E-state index contributed by atoms with van der Waals surface area (Å²) in [7, 11) is 0. The maximum atomic E-state index is 13.1. The van der Waals surface area contributed by atoms with Crippen molar-refractivity contribution in [3.8, 4) is 0 Å². The van der Waals surface area contributed by atoms with Crippen molar-refractivity contribution in [1.82, 2.24) is 20.9 Å². The topological polar surface area (TPSA) is 134 Å². The third kappa shape index (κ3) is 6.85. The number of rotatable bonds is 8. The maximum absolute atomic E-state index is 13.1. The molecule has 3 rings (SSSR count). The highest BCUT2D eigenvalue weighted by Gasteiger charge is 2.53. The smallest absolute Gasteiger partial charge is 0.356 e. The predicted molar refractivity (Wildman–Crippen MR) is 106 cm³/mol. The van der Waals surface area contributed by atoms with Gasteiger partial charge in [-0.05, 0) is 38.0 Å². The summed E-state index contributed by atoms with van der Waals surface area (Å²) in [5, 5.41) is 6.24. The van der Waals surface area contributed by atoms with Crippen LogP contribution in [0.3, 0.4) is 0 Å². The molecule has 0 unspecified atom stereocenters. The number of fused-ring (bicyclic) bond motifs is 2. The molecular weight excluding hydrogens is 506 g/mol. The molecule has 0 spiro atoms. The van der Waals surface area contributed by atoms with Crippen LogP contribution in [-0.2, 0) is 28.7 Å². The van der Waals surface area contributed by atoms with Crippen LogP contribution in [0.1, 0.15) is 32.1 Å². The summed E-state index contributed by atoms with van der Waals surface area (Å²) in [5.41, 5.74) is 0. The first-order valence-corrected chi connectivity index (χ1v) is 11.1. The van der Waals surface area contributed by atoms with Gasteiger partial charge in [0.2, 0.25) is 11.8 Å². The molecule has 2 heterocycles. The number of likely N-dealkylation sites (tertiary alicyclic amines) is 1. The van der Waals surface area contributed by atoms with E-state index in [0.29, 0.717) is 12.8 Å². The Balaban J connectivity index is 1.73. The maximum Gasteiger partial charge on any atom is 0.522 e. The summed E-state index contributed by atoms with van der Waals surface area (Å²) in [6.07, 6.45) is -8.79. The number of carbonyl (C=O) groups is 5. The second-order valence-electron chi connectivity index (χ2n) is 8.96. The van der Waals surface area contributed by atoms with Gasteiger partial charge in [0.15, 0.2) is 5.78 Å². The summed E-state index contributed by atoms with van der Waals surface area (Å²) >= 11 is 0. The highest BCUT2D eigenvalue weighted by molar-refractivity contribution is 6.35. The van der Waals surface area contributed by atoms with Crippen molar-refractivity contribution in [3.05, 3.63) is 0 Å². The second kappa shape index (κ2) is 10.6. The number of ether oxygens (including phenoxy) is 1. The minimum Gasteiger partial charge on any atom is -0.356 e. The minimum atomic E-state index is -5.12. The molecule has 2 saturated heterocycles. The van der Waals surface area contributed by atoms with Crippen LogP contribution in [0.4, 0.5) is 26.3 Å². The van der Waals surface area contributed by atoms with Crippen molar-refractivity contribution in [2.75, 3.05) is 19.7 Å². The number of alkyl halides is 6. The van der Waals surface area contributed by atoms with Gasteiger partial charge in [-0.3, -0.25) is 28.7 Å². The number of hydrogen-bond acceptors (Lipinski definition) is 6. The lowest BCUT2D eigenvalue weighted by Gasteiger charge is -2.34. The molecule has 0 aromatic rings. The quantitative estimate of drug-likeness (QED) is 0.303. The molecule has 1 saturated carbocycles. The fourth-order valence-electron chi connectivity index (χ4n) is 4.93. The zero-order valence-corrected chi connectivity index (χ0v) is 18.7. The Morgan fingerprint density at radius 1 is 1.08 bits per heavy atom. The lowest BCUT2D eigenvalue weighted by molar-refractivity contribution is -0.321. The van der Waals surface area contributed by atoms with E-state index >= 15 is 0 Å². The zero-order valence-electron chi connectivity index (χ0n) is 18.7. The average Bonchev–Trinajstić information content (AvgIpc) is 3.50. The van der Waals surface area contributed by atoms with Gasteiger partial charge in [0.25, 0.3) is 0 Å². The molecule has 2 aliphatic heterocycles. The molecule has 3 fully saturated rings. The van der Waals surface area contributed by atoms with E-state index in [2.05, 4.69) is 15.4 Å². The largest absolute Gasteiger partial charge is 0.522 e. The van der Waals surface area contributed by atoms with E-state index in [1.54, 1.807) is 0 Å². The van der Waals surface area contributed by atoms with Gasteiger partial charge in [-0.2, -0.15) is 13.2 Å². The molecule has 1 aliphatic carbocycles. The Hall–Kier alpha value is -2.91. The Labute approximate surface area is 200 Å². The monoisotopic (exact) mass is 530 g/mol. The number of carbonyl (C=O) groups excluding carboxylic acids is 5. The third-order valence-corrected chi connectivity index (χ3v) is 6.50. The van der Waals surface area contributed by atoms with Gasteiger partial charge < -0.3 is 20.9 Å². The van der Waals surface area contributed by atoms with E-state index in [9.17, 15) is 50.3 Å². The summed E-state index contributed by atoms with van der Waals surface area (Å²) in [5.74, 6) is -6.72. The number of amides is 4. The number of nitrogens with one attached hydrogen (secondary N) is 3. The van der Waals surface area contributed by atoms with Crippen molar-refractivity contribution in [2.24, 2.45) is 11.8 Å². The standard InChI is InChI=1S/C20H24F6N4O6/c21-19(22,23)8-28-17(34)18(35)30-11-2-1-9(5-11)14(30)16(33)29-12(6-10-3-4-27-15(10)32)13(31)7-36-20(24,25)26/h9-12,14H,1-8H2,(H,27,32)(H,28,34)(H,29,33)/t9-,10-,11+,12-,14-/m0/s1. The molecule has 2 bridgehead atoms. The Morgan fingerprint density at radius 2 is 1.78 bits per heavy atom. The molecule has 5 atom stereocenters. The van der Waals surface area contributed by atoms with Crippen LogP contribution >= 0.6 is 0 Å². The van der Waals surface area contributed by atoms with E-state index in [4.69, 9.17) is 0 Å². The molecule has 10 nitrogen and oxygen atoms in total. The number of piperidine rings is 1. The van der Waals surface area contributed by atoms with Gasteiger partial charge in [0, 0.05) is 18.5 Å². The first-order valence-electron chi connectivity index (χ1n) is 11.1. The number of halogens is 6. The molecule has 4 amide bonds. The molecule has 202 valence electrons. The van der Waals surface area contributed by atoms with Gasteiger partial charge in [-0.15, -0.1) is 13.2 Å². The summed E-state index contributed by atoms with van der Waals surface area (Å²) in [6, 6.07) is -3.48. The van der Waals surface area contributed by atoms with E-state index in [1.165, 1.54) is 5.32 Å².